The minimum atomic E-state index is -4.34. The van der Waals surface area contributed by atoms with Gasteiger partial charge in [-0.05, 0) is 37.6 Å². The molecule has 0 aliphatic rings. The van der Waals surface area contributed by atoms with Crippen molar-refractivity contribution in [2.45, 2.75) is 46.3 Å². The van der Waals surface area contributed by atoms with Crippen LogP contribution in [0.2, 0.25) is 0 Å². The zero-order valence-corrected chi connectivity index (χ0v) is 19.5. The topological polar surface area (TPSA) is 62.5 Å². The number of guanidine groups is 1. The van der Waals surface area contributed by atoms with E-state index in [2.05, 4.69) is 32.6 Å². The lowest BCUT2D eigenvalue weighted by molar-refractivity contribution is -0.137. The van der Waals surface area contributed by atoms with Gasteiger partial charge in [-0.2, -0.15) is 13.2 Å². The highest BCUT2D eigenvalue weighted by Gasteiger charge is 2.29. The molecule has 1 aromatic heterocycles. The molecule has 0 unspecified atom stereocenters. The molecule has 0 saturated carbocycles. The zero-order chi connectivity index (χ0) is 21.3. The first-order valence-corrected chi connectivity index (χ1v) is 9.53. The first kappa shape index (κ1) is 25.8. The number of hydrogen-bond acceptors (Lipinski definition) is 3. The van der Waals surface area contributed by atoms with E-state index in [4.69, 9.17) is 4.52 Å². The number of hydrogen-bond donors (Lipinski definition) is 2. The average Bonchev–Trinajstić information content (AvgIpc) is 3.11. The highest BCUT2D eigenvalue weighted by atomic mass is 127. The summed E-state index contributed by atoms with van der Waals surface area (Å²) in [5, 5.41) is 10.3. The van der Waals surface area contributed by atoms with E-state index in [0.29, 0.717) is 31.2 Å². The van der Waals surface area contributed by atoms with Crippen LogP contribution in [0.5, 0.6) is 0 Å². The van der Waals surface area contributed by atoms with Crippen LogP contribution in [-0.4, -0.2) is 24.2 Å². The standard InChI is InChI=1S/C21H25F3N4O.HI/c1-4-18-17(19(5-2)29-28-18)14-27-20(25-6-3)26-13-7-8-15-9-11-16(12-10-15)21(22,23)24;/h9-12H,4-6,13-14H2,1-3H3,(H2,25,26,27);1H. The van der Waals surface area contributed by atoms with Crippen LogP contribution in [0.3, 0.4) is 0 Å². The third kappa shape index (κ3) is 7.55. The Labute approximate surface area is 191 Å². The summed E-state index contributed by atoms with van der Waals surface area (Å²) in [6.45, 7) is 7.41. The Balaban J connectivity index is 0.00000450. The van der Waals surface area contributed by atoms with E-state index in [1.54, 1.807) is 0 Å². The number of alkyl halides is 3. The number of aliphatic imine (C=N–C) groups is 1. The van der Waals surface area contributed by atoms with Crippen molar-refractivity contribution in [3.8, 4) is 11.8 Å². The minimum absolute atomic E-state index is 0. The molecule has 0 aliphatic carbocycles. The summed E-state index contributed by atoms with van der Waals surface area (Å²) < 4.78 is 43.1. The molecule has 2 N–H and O–H groups in total. The van der Waals surface area contributed by atoms with Crippen molar-refractivity contribution in [3.63, 3.8) is 0 Å². The van der Waals surface area contributed by atoms with Crippen molar-refractivity contribution in [2.24, 2.45) is 4.99 Å². The van der Waals surface area contributed by atoms with Gasteiger partial charge in [-0.3, -0.25) is 0 Å². The molecule has 0 saturated heterocycles. The van der Waals surface area contributed by atoms with E-state index in [1.807, 2.05) is 20.8 Å². The first-order valence-electron chi connectivity index (χ1n) is 9.53. The van der Waals surface area contributed by atoms with Crippen molar-refractivity contribution in [2.75, 3.05) is 13.1 Å². The summed E-state index contributed by atoms with van der Waals surface area (Å²) in [4.78, 5) is 4.56. The second-order valence-corrected chi connectivity index (χ2v) is 6.16. The Hall–Kier alpha value is -2.22. The predicted molar refractivity (Wildman–Crippen MR) is 122 cm³/mol. The fourth-order valence-corrected chi connectivity index (χ4v) is 2.63. The molecule has 0 amide bonds. The molecule has 0 fully saturated rings. The van der Waals surface area contributed by atoms with Crippen molar-refractivity contribution < 1.29 is 17.7 Å². The second kappa shape index (κ2) is 12.5. The Morgan fingerprint density at radius 1 is 1.10 bits per heavy atom. The van der Waals surface area contributed by atoms with Crippen LogP contribution in [0.15, 0.2) is 33.8 Å². The molecule has 5 nitrogen and oxygen atoms in total. The minimum Gasteiger partial charge on any atom is -0.361 e. The van der Waals surface area contributed by atoms with Gasteiger partial charge in [0.2, 0.25) is 0 Å². The Morgan fingerprint density at radius 2 is 1.80 bits per heavy atom. The molecule has 1 aromatic carbocycles. The predicted octanol–water partition coefficient (Wildman–Crippen LogP) is 4.54. The van der Waals surface area contributed by atoms with E-state index >= 15 is 0 Å². The fourth-order valence-electron chi connectivity index (χ4n) is 2.63. The molecule has 0 spiro atoms. The Morgan fingerprint density at radius 3 is 2.37 bits per heavy atom. The number of aromatic nitrogens is 1. The van der Waals surface area contributed by atoms with Gasteiger partial charge >= 0.3 is 6.18 Å². The molecule has 0 atom stereocenters. The van der Waals surface area contributed by atoms with Gasteiger partial charge in [0.1, 0.15) is 5.76 Å². The van der Waals surface area contributed by atoms with Crippen LogP contribution in [0, 0.1) is 11.8 Å². The summed E-state index contributed by atoms with van der Waals surface area (Å²) in [6.07, 6.45) is -2.82. The van der Waals surface area contributed by atoms with Gasteiger partial charge in [0, 0.05) is 24.1 Å². The van der Waals surface area contributed by atoms with E-state index in [0.717, 1.165) is 42.0 Å². The Bertz CT molecular complexity index is 859. The largest absolute Gasteiger partial charge is 0.416 e. The first-order chi connectivity index (χ1) is 13.9. The molecule has 0 aliphatic heterocycles. The van der Waals surface area contributed by atoms with Gasteiger partial charge in [0.05, 0.1) is 24.3 Å². The van der Waals surface area contributed by atoms with Gasteiger partial charge in [0.15, 0.2) is 5.96 Å². The number of rotatable bonds is 6. The molecule has 0 radical (unpaired) electrons. The fraction of sp³-hybridized carbons (Fsp3) is 0.429. The molecular weight excluding hydrogens is 508 g/mol. The molecule has 0 bridgehead atoms. The molecule has 164 valence electrons. The van der Waals surface area contributed by atoms with E-state index in [-0.39, 0.29) is 24.0 Å². The van der Waals surface area contributed by atoms with Crippen molar-refractivity contribution in [1.29, 1.82) is 0 Å². The third-order valence-corrected chi connectivity index (χ3v) is 4.14. The average molecular weight is 534 g/mol. The molecule has 2 rings (SSSR count). The summed E-state index contributed by atoms with van der Waals surface area (Å²) in [6, 6.07) is 4.77. The number of nitrogens with zero attached hydrogens (tertiary/aromatic N) is 2. The SMILES string of the molecule is CCNC(=NCc1c(CC)noc1CC)NCC#Cc1ccc(C(F)(F)F)cc1.I. The molecule has 9 heteroatoms. The second-order valence-electron chi connectivity index (χ2n) is 6.16. The maximum absolute atomic E-state index is 12.6. The van der Waals surface area contributed by atoms with E-state index < -0.39 is 11.7 Å². The normalized spacial score (nSPS) is 11.3. The van der Waals surface area contributed by atoms with Crippen LogP contribution in [0.1, 0.15) is 48.9 Å². The number of nitrogens with one attached hydrogen (secondary N) is 2. The summed E-state index contributed by atoms with van der Waals surface area (Å²) in [7, 11) is 0. The number of halogens is 4. The molecule has 1 heterocycles. The van der Waals surface area contributed by atoms with Gasteiger partial charge in [-0.15, -0.1) is 24.0 Å². The van der Waals surface area contributed by atoms with Gasteiger partial charge < -0.3 is 15.2 Å². The lowest BCUT2D eigenvalue weighted by atomic mass is 10.1. The molecular formula is C21H26F3IN4O. The third-order valence-electron chi connectivity index (χ3n) is 4.14. The highest BCUT2D eigenvalue weighted by molar-refractivity contribution is 14.0. The molecule has 2 aromatic rings. The van der Waals surface area contributed by atoms with Crippen LogP contribution in [0.4, 0.5) is 13.2 Å². The van der Waals surface area contributed by atoms with Crippen LogP contribution < -0.4 is 10.6 Å². The van der Waals surface area contributed by atoms with Crippen molar-refractivity contribution >= 4 is 29.9 Å². The van der Waals surface area contributed by atoms with Gasteiger partial charge in [-0.1, -0.05) is 30.8 Å². The lowest BCUT2D eigenvalue weighted by Gasteiger charge is -2.09. The maximum Gasteiger partial charge on any atom is 0.416 e. The summed E-state index contributed by atoms with van der Waals surface area (Å²) >= 11 is 0. The van der Waals surface area contributed by atoms with Crippen molar-refractivity contribution in [1.82, 2.24) is 15.8 Å². The van der Waals surface area contributed by atoms with Crippen LogP contribution in [-0.2, 0) is 25.6 Å². The quantitative estimate of drug-likeness (QED) is 0.247. The lowest BCUT2D eigenvalue weighted by Crippen LogP contribution is -2.37. The van der Waals surface area contributed by atoms with Gasteiger partial charge in [-0.25, -0.2) is 4.99 Å². The van der Waals surface area contributed by atoms with Crippen LogP contribution in [0.25, 0.3) is 0 Å². The highest BCUT2D eigenvalue weighted by Crippen LogP contribution is 2.28. The van der Waals surface area contributed by atoms with E-state index in [9.17, 15) is 13.2 Å². The Kier molecular flexibility index (Phi) is 10.7. The molecule has 30 heavy (non-hydrogen) atoms. The summed E-state index contributed by atoms with van der Waals surface area (Å²) in [5.41, 5.74) is 1.74. The zero-order valence-electron chi connectivity index (χ0n) is 17.2. The van der Waals surface area contributed by atoms with E-state index in [1.165, 1.54) is 12.1 Å². The van der Waals surface area contributed by atoms with Crippen molar-refractivity contribution in [3.05, 3.63) is 52.4 Å². The number of benzene rings is 1. The van der Waals surface area contributed by atoms with Crippen LogP contribution >= 0.6 is 24.0 Å². The maximum atomic E-state index is 12.6. The smallest absolute Gasteiger partial charge is 0.361 e. The summed E-state index contributed by atoms with van der Waals surface area (Å²) in [5.74, 6) is 7.17. The van der Waals surface area contributed by atoms with Gasteiger partial charge in [0.25, 0.3) is 0 Å². The number of aryl methyl sites for hydroxylation is 2. The monoisotopic (exact) mass is 534 g/mol.